The van der Waals surface area contributed by atoms with Gasteiger partial charge in [-0.1, -0.05) is 15.9 Å². The second kappa shape index (κ2) is 13.0. The number of carbonyl (C=O) groups is 1. The number of ether oxygens (including phenoxy) is 1. The summed E-state index contributed by atoms with van der Waals surface area (Å²) >= 11 is 2.98. The Hall–Kier alpha value is -0.290. The fraction of sp³-hybridized carbons (Fsp3) is 0.929. The number of Topliss-reactive ketones (excluding diaryl/α,β-unsaturated/α-hetero) is 1. The lowest BCUT2D eigenvalue weighted by atomic mass is 9.99. The monoisotopic (exact) mass is 466 g/mol. The Morgan fingerprint density at radius 2 is 1.48 bits per heavy atom. The van der Waals surface area contributed by atoms with Crippen molar-refractivity contribution in [2.75, 3.05) is 18.5 Å². The number of carbonyl (C=O) groups excluding carboxylic acids is 1. The minimum atomic E-state index is -1.81. The van der Waals surface area contributed by atoms with Crippen LogP contribution in [0, 0.1) is 0 Å². The molecular weight excluding hydrogens is 440 g/mol. The summed E-state index contributed by atoms with van der Waals surface area (Å²) in [6.45, 7) is -1.29. The molecule has 0 radical (unpaired) electrons. The molecule has 1 rings (SSSR count). The summed E-state index contributed by atoms with van der Waals surface area (Å²) in [5.74, 6) is -0.649. The van der Waals surface area contributed by atoms with Gasteiger partial charge >= 0.3 is 0 Å². The molecule has 1 heterocycles. The predicted octanol–water partition coefficient (Wildman–Crippen LogP) is -5.44. The number of hydrogen-bond donors (Lipinski definition) is 10. The van der Waals surface area contributed by atoms with Crippen LogP contribution in [0.5, 0.6) is 0 Å². The minimum absolute atomic E-state index is 0.000166. The van der Waals surface area contributed by atoms with Crippen LogP contribution in [0.1, 0.15) is 6.42 Å². The quantitative estimate of drug-likeness (QED) is 0.151. The molecule has 0 aliphatic carbocycles. The van der Waals surface area contributed by atoms with Gasteiger partial charge in [-0.25, -0.2) is 0 Å². The molecule has 9 atom stereocenters. The third-order valence-electron chi connectivity index (χ3n) is 3.79. The number of alkyl halides is 1. The van der Waals surface area contributed by atoms with E-state index in [0.29, 0.717) is 5.33 Å². The van der Waals surface area contributed by atoms with Gasteiger partial charge in [-0.3, -0.25) is 4.79 Å². The highest BCUT2D eigenvalue weighted by molar-refractivity contribution is 9.09. The second-order valence-electron chi connectivity index (χ2n) is 5.80. The van der Waals surface area contributed by atoms with Gasteiger partial charge in [0, 0.05) is 11.8 Å². The molecule has 27 heavy (non-hydrogen) atoms. The highest BCUT2D eigenvalue weighted by atomic mass is 79.9. The number of aliphatic hydroxyl groups is 10. The number of rotatable bonds is 8. The van der Waals surface area contributed by atoms with Crippen LogP contribution >= 0.6 is 15.9 Å². The number of aliphatic hydroxyl groups excluding tert-OH is 10. The Morgan fingerprint density at radius 1 is 0.926 bits per heavy atom. The van der Waals surface area contributed by atoms with Crippen LogP contribution in [-0.4, -0.2) is 131 Å². The zero-order valence-electron chi connectivity index (χ0n) is 14.2. The first kappa shape index (κ1) is 26.7. The van der Waals surface area contributed by atoms with Crippen LogP contribution in [0.25, 0.3) is 0 Å². The van der Waals surface area contributed by atoms with Gasteiger partial charge in [-0.05, 0) is 0 Å². The van der Waals surface area contributed by atoms with Gasteiger partial charge in [-0.2, -0.15) is 0 Å². The van der Waals surface area contributed by atoms with Gasteiger partial charge in [0.1, 0.15) is 48.8 Å². The van der Waals surface area contributed by atoms with Crippen molar-refractivity contribution in [3.8, 4) is 0 Å². The van der Waals surface area contributed by atoms with Crippen molar-refractivity contribution < 1.29 is 60.6 Å². The number of ketones is 1. The van der Waals surface area contributed by atoms with Crippen molar-refractivity contribution >= 4 is 21.7 Å². The first-order valence-corrected chi connectivity index (χ1v) is 9.05. The van der Waals surface area contributed by atoms with Crippen LogP contribution in [0.4, 0.5) is 0 Å². The molecular formula is C14H27BrO12. The summed E-state index contributed by atoms with van der Waals surface area (Å²) in [5.41, 5.74) is 0. The standard InChI is InChI=1S/C8H15BrO6.C6H12O6/c9-2-1-4(11)6(13)8(15)7(14)5(12)3-10;7-1-2-3(8)4(9)5(10)6(11)12-2/h5-8,10,12-15H,1-3H2;2-11H,1H2/t;2-,3-,4+,5-,6?/m.1/s1. The van der Waals surface area contributed by atoms with Crippen molar-refractivity contribution in [1.82, 2.24) is 0 Å². The van der Waals surface area contributed by atoms with Crippen LogP contribution < -0.4 is 0 Å². The zero-order valence-corrected chi connectivity index (χ0v) is 15.8. The number of halogens is 1. The van der Waals surface area contributed by atoms with Gasteiger partial charge in [0.25, 0.3) is 0 Å². The summed E-state index contributed by atoms with van der Waals surface area (Å²) < 4.78 is 4.58. The van der Waals surface area contributed by atoms with Crippen molar-refractivity contribution in [1.29, 1.82) is 0 Å². The molecule has 0 bridgehead atoms. The Balaban J connectivity index is 0.000000511. The highest BCUT2D eigenvalue weighted by Gasteiger charge is 2.42. The van der Waals surface area contributed by atoms with Gasteiger partial charge in [0.15, 0.2) is 12.1 Å². The molecule has 12 nitrogen and oxygen atoms in total. The van der Waals surface area contributed by atoms with E-state index in [-0.39, 0.29) is 6.42 Å². The molecule has 0 aromatic heterocycles. The third-order valence-corrected chi connectivity index (χ3v) is 4.19. The lowest BCUT2D eigenvalue weighted by Gasteiger charge is -2.37. The van der Waals surface area contributed by atoms with E-state index >= 15 is 0 Å². The molecule has 1 aliphatic heterocycles. The summed E-state index contributed by atoms with van der Waals surface area (Å²) in [4.78, 5) is 11.1. The van der Waals surface area contributed by atoms with Crippen LogP contribution in [0.3, 0.4) is 0 Å². The molecule has 0 aromatic rings. The van der Waals surface area contributed by atoms with Crippen molar-refractivity contribution in [2.24, 2.45) is 0 Å². The summed E-state index contributed by atoms with van der Waals surface area (Å²) in [6.07, 6.45) is -14.0. The Bertz CT molecular complexity index is 422. The normalized spacial score (nSPS) is 32.6. The maximum absolute atomic E-state index is 11.1. The Morgan fingerprint density at radius 3 is 1.93 bits per heavy atom. The molecule has 13 heteroatoms. The van der Waals surface area contributed by atoms with E-state index in [9.17, 15) is 20.1 Å². The Labute approximate surface area is 163 Å². The topological polar surface area (TPSA) is 229 Å². The average molecular weight is 467 g/mol. The largest absolute Gasteiger partial charge is 0.394 e. The van der Waals surface area contributed by atoms with Crippen molar-refractivity contribution in [3.63, 3.8) is 0 Å². The van der Waals surface area contributed by atoms with E-state index in [1.54, 1.807) is 0 Å². The van der Waals surface area contributed by atoms with E-state index in [0.717, 1.165) is 0 Å². The summed E-state index contributed by atoms with van der Waals surface area (Å²) in [7, 11) is 0. The van der Waals surface area contributed by atoms with Gasteiger partial charge in [-0.15, -0.1) is 0 Å². The SMILES string of the molecule is O=C(CCBr)C(O)C(O)C(O)C(O)CO.OC[C@H]1OC(O)[C@H](O)[C@@H](O)[C@@H]1O. The molecule has 1 aliphatic rings. The lowest BCUT2D eigenvalue weighted by Crippen LogP contribution is -2.58. The minimum Gasteiger partial charge on any atom is -0.394 e. The van der Waals surface area contributed by atoms with Crippen LogP contribution in [0.2, 0.25) is 0 Å². The van der Waals surface area contributed by atoms with Gasteiger partial charge in [0.05, 0.1) is 13.2 Å². The smallest absolute Gasteiger partial charge is 0.184 e. The molecule has 1 saturated heterocycles. The molecule has 5 unspecified atom stereocenters. The Kier molecular flexibility index (Phi) is 12.9. The van der Waals surface area contributed by atoms with E-state index < -0.39 is 74.1 Å². The van der Waals surface area contributed by atoms with E-state index in [1.165, 1.54) is 0 Å². The molecule has 1 fully saturated rings. The molecule has 162 valence electrons. The molecule has 0 spiro atoms. The zero-order chi connectivity index (χ0) is 21.3. The lowest BCUT2D eigenvalue weighted by molar-refractivity contribution is -0.286. The van der Waals surface area contributed by atoms with Crippen molar-refractivity contribution in [2.45, 2.75) is 61.5 Å². The first-order chi connectivity index (χ1) is 12.5. The van der Waals surface area contributed by atoms with Gasteiger partial charge in [0.2, 0.25) is 0 Å². The molecule has 0 aromatic carbocycles. The van der Waals surface area contributed by atoms with E-state index in [4.69, 9.17) is 35.7 Å². The molecule has 0 saturated carbocycles. The molecule has 0 amide bonds. The molecule has 10 N–H and O–H groups in total. The first-order valence-electron chi connectivity index (χ1n) is 7.93. The number of hydrogen-bond acceptors (Lipinski definition) is 12. The maximum atomic E-state index is 11.1. The fourth-order valence-electron chi connectivity index (χ4n) is 2.04. The van der Waals surface area contributed by atoms with E-state index in [2.05, 4.69) is 20.7 Å². The maximum Gasteiger partial charge on any atom is 0.184 e. The van der Waals surface area contributed by atoms with E-state index in [1.807, 2.05) is 0 Å². The summed E-state index contributed by atoms with van der Waals surface area (Å²) in [6, 6.07) is 0. The predicted molar refractivity (Wildman–Crippen MR) is 90.5 cm³/mol. The second-order valence-corrected chi connectivity index (χ2v) is 6.59. The fourth-order valence-corrected chi connectivity index (χ4v) is 2.43. The third kappa shape index (κ3) is 7.92. The van der Waals surface area contributed by atoms with Gasteiger partial charge < -0.3 is 55.8 Å². The van der Waals surface area contributed by atoms with Crippen LogP contribution in [-0.2, 0) is 9.53 Å². The summed E-state index contributed by atoms with van der Waals surface area (Å²) in [5, 5.41) is 90.2. The van der Waals surface area contributed by atoms with Crippen molar-refractivity contribution in [3.05, 3.63) is 0 Å². The van der Waals surface area contributed by atoms with Crippen LogP contribution in [0.15, 0.2) is 0 Å². The average Bonchev–Trinajstić information content (AvgIpc) is 2.67. The highest BCUT2D eigenvalue weighted by Crippen LogP contribution is 2.19.